The fourth-order valence-electron chi connectivity index (χ4n) is 2.13. The van der Waals surface area contributed by atoms with Crippen molar-refractivity contribution in [2.45, 2.75) is 34.1 Å². The first kappa shape index (κ1) is 20.0. The minimum Gasteiger partial charge on any atom is -0.481 e. The number of nitrogens with zero attached hydrogens (tertiary/aromatic N) is 1. The van der Waals surface area contributed by atoms with Crippen LogP contribution in [0.2, 0.25) is 5.02 Å². The highest BCUT2D eigenvalue weighted by molar-refractivity contribution is 6.34. The number of benzene rings is 1. The van der Waals surface area contributed by atoms with Gasteiger partial charge in [-0.25, -0.2) is 0 Å². The molecule has 2 amide bonds. The van der Waals surface area contributed by atoms with E-state index < -0.39 is 17.3 Å². The number of anilines is 1. The Hall–Kier alpha value is -2.08. The number of aliphatic carboxylic acids is 1. The number of carboxylic acids is 1. The Bertz CT molecular complexity index is 639. The van der Waals surface area contributed by atoms with E-state index in [1.54, 1.807) is 17.0 Å². The highest BCUT2D eigenvalue weighted by atomic mass is 35.5. The van der Waals surface area contributed by atoms with Crippen LogP contribution in [0.1, 0.15) is 44.5 Å². The Kier molecular flexibility index (Phi) is 6.78. The second-order valence-corrected chi connectivity index (χ2v) is 6.49. The molecule has 0 aromatic heterocycles. The first-order chi connectivity index (χ1) is 11.1. The zero-order valence-electron chi connectivity index (χ0n) is 14.4. The van der Waals surface area contributed by atoms with Crippen molar-refractivity contribution in [1.82, 2.24) is 4.90 Å². The van der Waals surface area contributed by atoms with Crippen molar-refractivity contribution < 1.29 is 19.5 Å². The van der Waals surface area contributed by atoms with E-state index in [2.05, 4.69) is 5.32 Å². The van der Waals surface area contributed by atoms with Crippen molar-refractivity contribution >= 4 is 35.1 Å². The predicted octanol–water partition coefficient (Wildman–Crippen LogP) is 3.26. The second kappa shape index (κ2) is 8.15. The lowest BCUT2D eigenvalue weighted by molar-refractivity contribution is -0.148. The number of rotatable bonds is 7. The van der Waals surface area contributed by atoms with Crippen molar-refractivity contribution in [1.29, 1.82) is 0 Å². The molecule has 0 radical (unpaired) electrons. The molecule has 0 saturated carbocycles. The molecule has 24 heavy (non-hydrogen) atoms. The van der Waals surface area contributed by atoms with Gasteiger partial charge in [-0.3, -0.25) is 14.4 Å². The molecule has 132 valence electrons. The summed E-state index contributed by atoms with van der Waals surface area (Å²) in [6.07, 6.45) is -0.167. The summed E-state index contributed by atoms with van der Waals surface area (Å²) in [6, 6.07) is 4.62. The molecule has 1 aromatic carbocycles. The number of carboxylic acid groups (broad SMARTS) is 1. The van der Waals surface area contributed by atoms with Gasteiger partial charge in [-0.05, 0) is 45.9 Å². The average Bonchev–Trinajstić information content (AvgIpc) is 2.47. The maximum absolute atomic E-state index is 12.3. The number of nitrogens with one attached hydrogen (secondary N) is 1. The minimum atomic E-state index is -1.16. The van der Waals surface area contributed by atoms with Crippen molar-refractivity contribution in [3.05, 3.63) is 28.8 Å². The largest absolute Gasteiger partial charge is 0.481 e. The lowest BCUT2D eigenvalue weighted by Crippen LogP contribution is -2.31. The summed E-state index contributed by atoms with van der Waals surface area (Å²) >= 11 is 6.16. The summed E-state index contributed by atoms with van der Waals surface area (Å²) in [7, 11) is 0. The minimum absolute atomic E-state index is 0.167. The van der Waals surface area contributed by atoms with E-state index in [-0.39, 0.29) is 17.4 Å². The van der Waals surface area contributed by atoms with Gasteiger partial charge in [0.15, 0.2) is 0 Å². The maximum atomic E-state index is 12.3. The van der Waals surface area contributed by atoms with Gasteiger partial charge < -0.3 is 15.3 Å². The van der Waals surface area contributed by atoms with Crippen molar-refractivity contribution in [3.8, 4) is 0 Å². The molecule has 0 aliphatic carbocycles. The van der Waals surface area contributed by atoms with Crippen LogP contribution >= 0.6 is 11.6 Å². The van der Waals surface area contributed by atoms with Gasteiger partial charge in [-0.15, -0.1) is 0 Å². The van der Waals surface area contributed by atoms with Gasteiger partial charge in [-0.1, -0.05) is 11.6 Å². The summed E-state index contributed by atoms with van der Waals surface area (Å²) in [4.78, 5) is 37.0. The SMILES string of the molecule is CCN(CC)C(=O)c1ccc(NC(=O)CC(C)(C)C(=O)O)cc1Cl. The van der Waals surface area contributed by atoms with Gasteiger partial charge >= 0.3 is 5.97 Å². The highest BCUT2D eigenvalue weighted by Crippen LogP contribution is 2.25. The fraction of sp³-hybridized carbons (Fsp3) is 0.471. The molecule has 0 atom stereocenters. The molecule has 2 N–H and O–H groups in total. The van der Waals surface area contributed by atoms with E-state index in [4.69, 9.17) is 16.7 Å². The van der Waals surface area contributed by atoms with Gasteiger partial charge in [0.25, 0.3) is 5.91 Å². The third-order valence-electron chi connectivity index (χ3n) is 3.72. The van der Waals surface area contributed by atoms with E-state index >= 15 is 0 Å². The number of amides is 2. The normalized spacial score (nSPS) is 11.0. The predicted molar refractivity (Wildman–Crippen MR) is 93.4 cm³/mol. The number of carbonyl (C=O) groups excluding carboxylic acids is 2. The standard InChI is InChI=1S/C17H23ClN2O4/c1-5-20(6-2)15(22)12-8-7-11(9-13(12)18)19-14(21)10-17(3,4)16(23)24/h7-9H,5-6,10H2,1-4H3,(H,19,21)(H,23,24). The van der Waals surface area contributed by atoms with Crippen LogP contribution in [-0.4, -0.2) is 40.9 Å². The molecule has 0 aliphatic heterocycles. The molecule has 0 bridgehead atoms. The number of hydrogen-bond donors (Lipinski definition) is 2. The van der Waals surface area contributed by atoms with Crippen molar-refractivity contribution in [3.63, 3.8) is 0 Å². The molecule has 0 unspecified atom stereocenters. The number of carbonyl (C=O) groups is 3. The van der Waals surface area contributed by atoms with E-state index in [1.165, 1.54) is 19.9 Å². The van der Waals surface area contributed by atoms with E-state index in [0.717, 1.165) is 0 Å². The molecule has 0 heterocycles. The Morgan fingerprint density at radius 1 is 1.21 bits per heavy atom. The van der Waals surface area contributed by atoms with Crippen LogP contribution < -0.4 is 5.32 Å². The Labute approximate surface area is 146 Å². The van der Waals surface area contributed by atoms with E-state index in [0.29, 0.717) is 24.3 Å². The van der Waals surface area contributed by atoms with Crippen LogP contribution in [0.25, 0.3) is 0 Å². The summed E-state index contributed by atoms with van der Waals surface area (Å²) in [6.45, 7) is 7.88. The van der Waals surface area contributed by atoms with Gasteiger partial charge in [0, 0.05) is 25.2 Å². The van der Waals surface area contributed by atoms with Crippen molar-refractivity contribution in [2.75, 3.05) is 18.4 Å². The lowest BCUT2D eigenvalue weighted by Gasteiger charge is -2.20. The first-order valence-electron chi connectivity index (χ1n) is 7.74. The molecule has 0 fully saturated rings. The zero-order valence-corrected chi connectivity index (χ0v) is 15.1. The molecule has 1 aromatic rings. The van der Waals surface area contributed by atoms with Crippen LogP contribution in [-0.2, 0) is 9.59 Å². The third kappa shape index (κ3) is 4.96. The molecule has 1 rings (SSSR count). The lowest BCUT2D eigenvalue weighted by atomic mass is 9.89. The quantitative estimate of drug-likeness (QED) is 0.786. The van der Waals surface area contributed by atoms with E-state index in [1.807, 2.05) is 13.8 Å². The summed E-state index contributed by atoms with van der Waals surface area (Å²) in [5.74, 6) is -1.65. The summed E-state index contributed by atoms with van der Waals surface area (Å²) in [5.41, 5.74) is -0.376. The van der Waals surface area contributed by atoms with Gasteiger partial charge in [0.1, 0.15) is 0 Å². The number of hydrogen-bond acceptors (Lipinski definition) is 3. The molecule has 0 aliphatic rings. The third-order valence-corrected chi connectivity index (χ3v) is 4.03. The van der Waals surface area contributed by atoms with Gasteiger partial charge in [0.05, 0.1) is 16.0 Å². The second-order valence-electron chi connectivity index (χ2n) is 6.09. The molecule has 0 spiro atoms. The van der Waals surface area contributed by atoms with Crippen LogP contribution in [0.3, 0.4) is 0 Å². The van der Waals surface area contributed by atoms with Gasteiger partial charge in [-0.2, -0.15) is 0 Å². The van der Waals surface area contributed by atoms with Crippen LogP contribution in [0.4, 0.5) is 5.69 Å². The smallest absolute Gasteiger partial charge is 0.309 e. The molecule has 7 heteroatoms. The first-order valence-corrected chi connectivity index (χ1v) is 8.12. The Morgan fingerprint density at radius 3 is 2.25 bits per heavy atom. The Morgan fingerprint density at radius 2 is 1.79 bits per heavy atom. The average molecular weight is 355 g/mol. The molecular formula is C17H23ClN2O4. The van der Waals surface area contributed by atoms with Crippen LogP contribution in [0.5, 0.6) is 0 Å². The topological polar surface area (TPSA) is 86.7 Å². The van der Waals surface area contributed by atoms with Gasteiger partial charge in [0.2, 0.25) is 5.91 Å². The van der Waals surface area contributed by atoms with E-state index in [9.17, 15) is 14.4 Å². The van der Waals surface area contributed by atoms with Crippen molar-refractivity contribution in [2.24, 2.45) is 5.41 Å². The zero-order chi connectivity index (χ0) is 18.5. The Balaban J connectivity index is 2.87. The van der Waals surface area contributed by atoms with Crippen LogP contribution in [0, 0.1) is 5.41 Å². The summed E-state index contributed by atoms with van der Waals surface area (Å²) < 4.78 is 0. The van der Waals surface area contributed by atoms with Crippen LogP contribution in [0.15, 0.2) is 18.2 Å². The molecular weight excluding hydrogens is 332 g/mol. The number of halogens is 1. The molecule has 0 saturated heterocycles. The molecule has 6 nitrogen and oxygen atoms in total. The summed E-state index contributed by atoms with van der Waals surface area (Å²) in [5, 5.41) is 11.9. The monoisotopic (exact) mass is 354 g/mol. The maximum Gasteiger partial charge on any atom is 0.309 e. The fourth-order valence-corrected chi connectivity index (χ4v) is 2.39. The highest BCUT2D eigenvalue weighted by Gasteiger charge is 2.30.